The van der Waals surface area contributed by atoms with Crippen LogP contribution in [0, 0.1) is 5.82 Å². The van der Waals surface area contributed by atoms with Gasteiger partial charge in [0.25, 0.3) is 0 Å². The van der Waals surface area contributed by atoms with Crippen LogP contribution in [-0.2, 0) is 6.42 Å². The summed E-state index contributed by atoms with van der Waals surface area (Å²) in [6.07, 6.45) is 0.446. The van der Waals surface area contributed by atoms with Gasteiger partial charge in [0.1, 0.15) is 5.82 Å². The molecule has 0 amide bonds. The van der Waals surface area contributed by atoms with Gasteiger partial charge in [-0.3, -0.25) is 11.3 Å². The molecule has 0 fully saturated rings. The minimum absolute atomic E-state index is 0.146. The summed E-state index contributed by atoms with van der Waals surface area (Å²) in [4.78, 5) is 1.04. The molecule has 0 saturated heterocycles. The first-order chi connectivity index (χ1) is 8.61. The number of nitrogens with two attached hydrogens (primary N) is 1. The molecular weight excluding hydrogens is 339 g/mol. The van der Waals surface area contributed by atoms with Crippen LogP contribution in [0.15, 0.2) is 34.1 Å². The lowest BCUT2D eigenvalue weighted by Gasteiger charge is -2.15. The lowest BCUT2D eigenvalue weighted by atomic mass is 10.0. The summed E-state index contributed by atoms with van der Waals surface area (Å²) in [7, 11) is 0. The minimum Gasteiger partial charge on any atom is -0.271 e. The van der Waals surface area contributed by atoms with Gasteiger partial charge in [0.05, 0.1) is 6.04 Å². The molecule has 0 aliphatic carbocycles. The van der Waals surface area contributed by atoms with Gasteiger partial charge in [0.15, 0.2) is 0 Å². The van der Waals surface area contributed by atoms with E-state index in [0.29, 0.717) is 17.0 Å². The molecule has 0 radical (unpaired) electrons. The van der Waals surface area contributed by atoms with E-state index in [1.165, 1.54) is 12.1 Å². The number of benzene rings is 1. The fraction of sp³-hybridized carbons (Fsp3) is 0.167. The van der Waals surface area contributed by atoms with Crippen molar-refractivity contribution < 1.29 is 4.39 Å². The fourth-order valence-electron chi connectivity index (χ4n) is 1.70. The third-order valence-electron chi connectivity index (χ3n) is 2.59. The van der Waals surface area contributed by atoms with Crippen LogP contribution in [-0.4, -0.2) is 0 Å². The maximum absolute atomic E-state index is 13.7. The summed E-state index contributed by atoms with van der Waals surface area (Å²) in [5.74, 6) is 5.28. The topological polar surface area (TPSA) is 38.0 Å². The summed E-state index contributed by atoms with van der Waals surface area (Å²) < 4.78 is 14.6. The van der Waals surface area contributed by atoms with Crippen LogP contribution in [0.2, 0.25) is 5.02 Å². The van der Waals surface area contributed by atoms with Gasteiger partial charge in [-0.15, -0.1) is 11.3 Å². The van der Waals surface area contributed by atoms with Crippen molar-refractivity contribution >= 4 is 38.9 Å². The van der Waals surface area contributed by atoms with Gasteiger partial charge in [0, 0.05) is 14.4 Å². The molecule has 1 heterocycles. The molecule has 1 atom stereocenters. The second kappa shape index (κ2) is 6.12. The van der Waals surface area contributed by atoms with Gasteiger partial charge in [-0.25, -0.2) is 4.39 Å². The zero-order valence-electron chi connectivity index (χ0n) is 9.29. The Morgan fingerprint density at radius 1 is 1.44 bits per heavy atom. The highest BCUT2D eigenvalue weighted by Gasteiger charge is 2.17. The first kappa shape index (κ1) is 14.0. The van der Waals surface area contributed by atoms with E-state index >= 15 is 0 Å². The molecule has 0 saturated carbocycles. The smallest absolute Gasteiger partial charge is 0.126 e. The van der Waals surface area contributed by atoms with Gasteiger partial charge in [-0.05, 0) is 57.6 Å². The van der Waals surface area contributed by atoms with E-state index in [9.17, 15) is 4.39 Å². The van der Waals surface area contributed by atoms with Crippen molar-refractivity contribution in [3.8, 4) is 0 Å². The highest BCUT2D eigenvalue weighted by Crippen LogP contribution is 2.31. The molecule has 0 bridgehead atoms. The third kappa shape index (κ3) is 3.10. The Labute approximate surface area is 122 Å². The number of rotatable bonds is 4. The maximum atomic E-state index is 13.7. The number of hydrogen-bond donors (Lipinski definition) is 2. The Balaban J connectivity index is 2.26. The molecule has 1 aromatic carbocycles. The largest absolute Gasteiger partial charge is 0.271 e. The second-order valence-electron chi connectivity index (χ2n) is 3.79. The van der Waals surface area contributed by atoms with Crippen molar-refractivity contribution in [2.75, 3.05) is 0 Å². The molecule has 0 spiro atoms. The number of hydrogen-bond acceptors (Lipinski definition) is 3. The van der Waals surface area contributed by atoms with Crippen molar-refractivity contribution in [2.24, 2.45) is 5.84 Å². The molecule has 2 aromatic rings. The Kier molecular flexibility index (Phi) is 4.75. The van der Waals surface area contributed by atoms with E-state index in [0.717, 1.165) is 9.35 Å². The average molecular weight is 350 g/mol. The minimum atomic E-state index is -0.271. The summed E-state index contributed by atoms with van der Waals surface area (Å²) in [6.45, 7) is 0. The Bertz CT molecular complexity index is 547. The number of hydrazine groups is 1. The Morgan fingerprint density at radius 3 is 2.83 bits per heavy atom. The average Bonchev–Trinajstić information content (AvgIpc) is 2.77. The molecule has 1 unspecified atom stereocenters. The van der Waals surface area contributed by atoms with Crippen molar-refractivity contribution in [3.63, 3.8) is 0 Å². The first-order valence-corrected chi connectivity index (χ1v) is 7.30. The van der Waals surface area contributed by atoms with Crippen LogP contribution in [0.5, 0.6) is 0 Å². The van der Waals surface area contributed by atoms with E-state index in [1.807, 2.05) is 11.4 Å². The number of nitrogens with one attached hydrogen (secondary N) is 1. The van der Waals surface area contributed by atoms with Crippen LogP contribution >= 0.6 is 38.9 Å². The highest BCUT2D eigenvalue weighted by molar-refractivity contribution is 9.10. The van der Waals surface area contributed by atoms with E-state index < -0.39 is 0 Å². The van der Waals surface area contributed by atoms with Crippen LogP contribution in [0.3, 0.4) is 0 Å². The molecule has 0 aliphatic heterocycles. The normalized spacial score (nSPS) is 12.7. The Morgan fingerprint density at radius 2 is 2.22 bits per heavy atom. The second-order valence-corrected chi connectivity index (χ2v) is 6.03. The van der Waals surface area contributed by atoms with Crippen LogP contribution < -0.4 is 11.3 Å². The molecule has 2 rings (SSSR count). The fourth-order valence-corrected chi connectivity index (χ4v) is 3.61. The van der Waals surface area contributed by atoms with Crippen LogP contribution in [0.25, 0.3) is 0 Å². The predicted octanol–water partition coefficient (Wildman–Crippen LogP) is 4.05. The monoisotopic (exact) mass is 348 g/mol. The van der Waals surface area contributed by atoms with Gasteiger partial charge in [-0.1, -0.05) is 11.6 Å². The zero-order chi connectivity index (χ0) is 13.1. The summed E-state index contributed by atoms with van der Waals surface area (Å²) in [5, 5.41) is 2.48. The summed E-state index contributed by atoms with van der Waals surface area (Å²) >= 11 is 10.9. The van der Waals surface area contributed by atoms with Crippen molar-refractivity contribution in [1.82, 2.24) is 5.43 Å². The highest BCUT2D eigenvalue weighted by atomic mass is 79.9. The first-order valence-electron chi connectivity index (χ1n) is 5.24. The lowest BCUT2D eigenvalue weighted by Crippen LogP contribution is -2.29. The number of halogens is 3. The van der Waals surface area contributed by atoms with Gasteiger partial charge in [0.2, 0.25) is 0 Å². The summed E-state index contributed by atoms with van der Waals surface area (Å²) in [5.41, 5.74) is 3.26. The maximum Gasteiger partial charge on any atom is 0.126 e. The van der Waals surface area contributed by atoms with Gasteiger partial charge >= 0.3 is 0 Å². The molecule has 3 N–H and O–H groups in total. The molecule has 0 aliphatic rings. The summed E-state index contributed by atoms with van der Waals surface area (Å²) in [6, 6.07) is 6.33. The molecular formula is C12H11BrClFN2S. The quantitative estimate of drug-likeness (QED) is 0.645. The van der Waals surface area contributed by atoms with Crippen molar-refractivity contribution in [2.45, 2.75) is 12.5 Å². The van der Waals surface area contributed by atoms with E-state index in [-0.39, 0.29) is 11.9 Å². The SMILES string of the molecule is NNC(Cc1cc(Cl)ccc1F)c1sccc1Br. The third-order valence-corrected chi connectivity index (χ3v) is 4.81. The molecule has 1 aromatic heterocycles. The zero-order valence-corrected chi connectivity index (χ0v) is 12.4. The standard InChI is InChI=1S/C12H11BrClFN2S/c13-9-3-4-18-12(9)11(17-16)6-7-5-8(14)1-2-10(7)15/h1-5,11,17H,6,16H2. The molecule has 18 heavy (non-hydrogen) atoms. The van der Waals surface area contributed by atoms with E-state index in [1.54, 1.807) is 17.4 Å². The Hall–Kier alpha value is -0.460. The molecule has 2 nitrogen and oxygen atoms in total. The lowest BCUT2D eigenvalue weighted by molar-refractivity contribution is 0.534. The molecule has 6 heteroatoms. The van der Waals surface area contributed by atoms with Crippen LogP contribution in [0.4, 0.5) is 4.39 Å². The van der Waals surface area contributed by atoms with Crippen molar-refractivity contribution in [1.29, 1.82) is 0 Å². The van der Waals surface area contributed by atoms with Gasteiger partial charge < -0.3 is 0 Å². The van der Waals surface area contributed by atoms with Crippen LogP contribution in [0.1, 0.15) is 16.5 Å². The van der Waals surface area contributed by atoms with Crippen molar-refractivity contribution in [3.05, 3.63) is 55.4 Å². The van der Waals surface area contributed by atoms with E-state index in [4.69, 9.17) is 17.4 Å². The van der Waals surface area contributed by atoms with Gasteiger partial charge in [-0.2, -0.15) is 0 Å². The number of thiophene rings is 1. The van der Waals surface area contributed by atoms with E-state index in [2.05, 4.69) is 21.4 Å². The predicted molar refractivity (Wildman–Crippen MR) is 77.2 cm³/mol. The molecule has 96 valence electrons.